The van der Waals surface area contributed by atoms with Gasteiger partial charge in [0.1, 0.15) is 0 Å². The molecule has 0 fully saturated rings. The van der Waals surface area contributed by atoms with Crippen molar-refractivity contribution in [2.75, 3.05) is 0 Å². The minimum atomic E-state index is -0.394. The number of nitrogens with two attached hydrogens (primary N) is 1. The Morgan fingerprint density at radius 3 is 2.31 bits per heavy atom. The van der Waals surface area contributed by atoms with Crippen molar-refractivity contribution >= 4 is 25.3 Å². The Hall–Kier alpha value is -0.791. The van der Waals surface area contributed by atoms with Crippen LogP contribution < -0.4 is 10.2 Å². The van der Waals surface area contributed by atoms with Crippen molar-refractivity contribution in [2.24, 2.45) is 5.73 Å². The monoisotopic (exact) mass is 243 g/mol. The van der Waals surface area contributed by atoms with Crippen molar-refractivity contribution in [1.29, 1.82) is 0 Å². The van der Waals surface area contributed by atoms with Gasteiger partial charge < -0.3 is 0 Å². The predicted octanol–water partition coefficient (Wildman–Crippen LogP) is 0.700. The van der Waals surface area contributed by atoms with E-state index in [9.17, 15) is 4.79 Å². The molecule has 1 rings (SSSR count). The summed E-state index contributed by atoms with van der Waals surface area (Å²) >= 11 is 0.111. The van der Waals surface area contributed by atoms with Crippen LogP contribution in [0.4, 0.5) is 0 Å². The fourth-order valence-corrected chi connectivity index (χ4v) is 2.90. The standard InChI is InChI=1S/C10H13NOSe/c1-10(2,9(11)12)13-8-6-4-3-5-7-8/h3-7H,1-2H3,(H2,11,12). The number of amides is 1. The molecule has 1 amide bonds. The van der Waals surface area contributed by atoms with Gasteiger partial charge in [0.15, 0.2) is 0 Å². The van der Waals surface area contributed by atoms with Crippen molar-refractivity contribution in [3.63, 3.8) is 0 Å². The van der Waals surface area contributed by atoms with E-state index in [0.717, 1.165) is 0 Å². The molecule has 13 heavy (non-hydrogen) atoms. The maximum absolute atomic E-state index is 11.1. The molecule has 0 aromatic heterocycles. The van der Waals surface area contributed by atoms with Crippen molar-refractivity contribution in [3.05, 3.63) is 30.3 Å². The van der Waals surface area contributed by atoms with Crippen LogP contribution in [0.15, 0.2) is 30.3 Å². The first-order valence-electron chi connectivity index (χ1n) is 4.06. The molecule has 2 N–H and O–H groups in total. The summed E-state index contributed by atoms with van der Waals surface area (Å²) in [5.41, 5.74) is 5.29. The van der Waals surface area contributed by atoms with Gasteiger partial charge in [-0.2, -0.15) is 0 Å². The van der Waals surface area contributed by atoms with E-state index < -0.39 is 4.31 Å². The maximum atomic E-state index is 11.1. The van der Waals surface area contributed by atoms with Gasteiger partial charge in [0.2, 0.25) is 0 Å². The Morgan fingerprint density at radius 2 is 1.85 bits per heavy atom. The molecule has 0 spiro atoms. The summed E-state index contributed by atoms with van der Waals surface area (Å²) in [5, 5.41) is 0. The molecule has 0 aliphatic carbocycles. The van der Waals surface area contributed by atoms with Gasteiger partial charge in [0, 0.05) is 0 Å². The van der Waals surface area contributed by atoms with E-state index in [1.807, 2.05) is 44.2 Å². The first-order valence-corrected chi connectivity index (χ1v) is 5.77. The molecule has 0 radical (unpaired) electrons. The second kappa shape index (κ2) is 3.95. The number of rotatable bonds is 3. The first-order chi connectivity index (χ1) is 6.02. The summed E-state index contributed by atoms with van der Waals surface area (Å²) in [5.74, 6) is -0.226. The van der Waals surface area contributed by atoms with E-state index in [0.29, 0.717) is 0 Å². The molecule has 0 atom stereocenters. The second-order valence-corrected chi connectivity index (χ2v) is 6.85. The minimum absolute atomic E-state index is 0.111. The molecular weight excluding hydrogens is 229 g/mol. The van der Waals surface area contributed by atoms with Gasteiger partial charge in [-0.05, 0) is 0 Å². The summed E-state index contributed by atoms with van der Waals surface area (Å²) in [7, 11) is 0. The molecular formula is C10H13NOSe. The van der Waals surface area contributed by atoms with Crippen LogP contribution in [0.25, 0.3) is 0 Å². The summed E-state index contributed by atoms with van der Waals surface area (Å²) in [6.45, 7) is 3.78. The third kappa shape index (κ3) is 2.87. The molecule has 2 nitrogen and oxygen atoms in total. The molecule has 0 aliphatic heterocycles. The van der Waals surface area contributed by atoms with Crippen LogP contribution in [-0.4, -0.2) is 20.9 Å². The summed E-state index contributed by atoms with van der Waals surface area (Å²) in [6, 6.07) is 9.99. The number of carbonyl (C=O) groups is 1. The van der Waals surface area contributed by atoms with E-state index in [2.05, 4.69) is 0 Å². The van der Waals surface area contributed by atoms with Crippen LogP contribution in [0.1, 0.15) is 13.8 Å². The number of hydrogen-bond donors (Lipinski definition) is 1. The SMILES string of the molecule is CC(C)([Se]c1ccccc1)C(N)=O. The molecule has 0 unspecified atom stereocenters. The van der Waals surface area contributed by atoms with Gasteiger partial charge in [-0.1, -0.05) is 0 Å². The van der Waals surface area contributed by atoms with Crippen molar-refractivity contribution in [3.8, 4) is 0 Å². The molecule has 3 heteroatoms. The van der Waals surface area contributed by atoms with Gasteiger partial charge in [-0.15, -0.1) is 0 Å². The fourth-order valence-electron chi connectivity index (χ4n) is 0.833. The van der Waals surface area contributed by atoms with E-state index >= 15 is 0 Å². The average Bonchev–Trinajstić information content (AvgIpc) is 2.05. The van der Waals surface area contributed by atoms with E-state index in [1.54, 1.807) is 0 Å². The van der Waals surface area contributed by atoms with Crippen LogP contribution in [0.3, 0.4) is 0 Å². The normalized spacial score (nSPS) is 11.2. The van der Waals surface area contributed by atoms with Gasteiger partial charge in [0.05, 0.1) is 0 Å². The molecule has 0 heterocycles. The molecule has 0 saturated carbocycles. The second-order valence-electron chi connectivity index (χ2n) is 3.29. The summed E-state index contributed by atoms with van der Waals surface area (Å²) < 4.78 is 0.813. The van der Waals surface area contributed by atoms with E-state index in [-0.39, 0.29) is 20.9 Å². The van der Waals surface area contributed by atoms with Crippen LogP contribution in [0.5, 0.6) is 0 Å². The van der Waals surface area contributed by atoms with Gasteiger partial charge >= 0.3 is 84.3 Å². The summed E-state index contributed by atoms with van der Waals surface area (Å²) in [4.78, 5) is 11.1. The zero-order chi connectivity index (χ0) is 9.90. The van der Waals surface area contributed by atoms with Gasteiger partial charge in [-0.3, -0.25) is 0 Å². The van der Waals surface area contributed by atoms with Gasteiger partial charge in [-0.25, -0.2) is 0 Å². The van der Waals surface area contributed by atoms with E-state index in [1.165, 1.54) is 4.46 Å². The third-order valence-electron chi connectivity index (χ3n) is 1.71. The Morgan fingerprint density at radius 1 is 1.31 bits per heavy atom. The van der Waals surface area contributed by atoms with Crippen molar-refractivity contribution in [2.45, 2.75) is 18.2 Å². The molecule has 0 aliphatic rings. The molecule has 70 valence electrons. The number of benzene rings is 1. The first kappa shape index (κ1) is 10.3. The van der Waals surface area contributed by atoms with E-state index in [4.69, 9.17) is 5.73 Å². The Labute approximate surface area is 84.7 Å². The third-order valence-corrected chi connectivity index (χ3v) is 4.27. The number of hydrogen-bond acceptors (Lipinski definition) is 1. The number of primary amides is 1. The Kier molecular flexibility index (Phi) is 3.12. The zero-order valence-electron chi connectivity index (χ0n) is 7.78. The molecule has 1 aromatic carbocycles. The predicted molar refractivity (Wildman–Crippen MR) is 55.1 cm³/mol. The average molecular weight is 242 g/mol. The molecule has 1 aromatic rings. The molecule has 0 bridgehead atoms. The quantitative estimate of drug-likeness (QED) is 0.779. The Balaban J connectivity index is 2.75. The summed E-state index contributed by atoms with van der Waals surface area (Å²) in [6.07, 6.45) is 0. The Bertz CT molecular complexity index is 295. The van der Waals surface area contributed by atoms with Crippen molar-refractivity contribution < 1.29 is 4.79 Å². The zero-order valence-corrected chi connectivity index (χ0v) is 9.49. The van der Waals surface area contributed by atoms with Crippen LogP contribution in [-0.2, 0) is 4.79 Å². The topological polar surface area (TPSA) is 43.1 Å². The van der Waals surface area contributed by atoms with Crippen LogP contribution in [0.2, 0.25) is 4.31 Å². The van der Waals surface area contributed by atoms with Gasteiger partial charge in [0.25, 0.3) is 0 Å². The fraction of sp³-hybridized carbons (Fsp3) is 0.300. The van der Waals surface area contributed by atoms with Crippen molar-refractivity contribution in [1.82, 2.24) is 0 Å². The van der Waals surface area contributed by atoms with Crippen LogP contribution in [0, 0.1) is 0 Å². The number of carbonyl (C=O) groups excluding carboxylic acids is 1. The van der Waals surface area contributed by atoms with Crippen LogP contribution >= 0.6 is 0 Å². The molecule has 0 saturated heterocycles.